The van der Waals surface area contributed by atoms with Crippen molar-refractivity contribution in [3.63, 3.8) is 0 Å². The van der Waals surface area contributed by atoms with Crippen LogP contribution in [0, 0.1) is 0 Å². The zero-order valence-electron chi connectivity index (χ0n) is 12.4. The third kappa shape index (κ3) is 4.57. The molecule has 0 aliphatic carbocycles. The van der Waals surface area contributed by atoms with Crippen LogP contribution in [-0.2, 0) is 26.7 Å². The smallest absolute Gasteiger partial charge is 0.283 e. The van der Waals surface area contributed by atoms with Crippen LogP contribution in [0.1, 0.15) is 13.8 Å². The Labute approximate surface area is 138 Å². The monoisotopic (exact) mass is 359 g/mol. The van der Waals surface area contributed by atoms with Gasteiger partial charge < -0.3 is 13.6 Å². The van der Waals surface area contributed by atoms with Gasteiger partial charge in [-0.1, -0.05) is 30.3 Å². The number of aromatic nitrogens is 1. The van der Waals surface area contributed by atoms with Gasteiger partial charge in [-0.2, -0.15) is 4.74 Å². The van der Waals surface area contributed by atoms with Crippen LogP contribution in [0.2, 0.25) is 0 Å². The second kappa shape index (κ2) is 8.13. The minimum absolute atomic E-state index is 0.207. The summed E-state index contributed by atoms with van der Waals surface area (Å²) in [7, 11) is 0. The zero-order valence-corrected chi connectivity index (χ0v) is 15.0. The maximum absolute atomic E-state index is 12.0. The lowest BCUT2D eigenvalue weighted by Gasteiger charge is -2.19. The van der Waals surface area contributed by atoms with Crippen LogP contribution in [0.3, 0.4) is 0 Å². The molecule has 0 bridgehead atoms. The van der Waals surface area contributed by atoms with E-state index >= 15 is 0 Å². The van der Waals surface area contributed by atoms with Crippen molar-refractivity contribution in [2.24, 2.45) is 0 Å². The molecule has 0 unspecified atom stereocenters. The lowest BCUT2D eigenvalue weighted by atomic mass is 10.2. The minimum atomic E-state index is -2.44. The van der Waals surface area contributed by atoms with Gasteiger partial charge in [-0.3, -0.25) is 4.79 Å². The Balaban J connectivity index is 2.12. The third-order valence-electron chi connectivity index (χ3n) is 2.67. The Morgan fingerprint density at radius 2 is 1.86 bits per heavy atom. The first-order valence-corrected chi connectivity index (χ1v) is 11.1. The van der Waals surface area contributed by atoms with E-state index in [-0.39, 0.29) is 11.4 Å². The molecule has 0 saturated heterocycles. The van der Waals surface area contributed by atoms with E-state index in [0.717, 1.165) is 5.56 Å². The summed E-state index contributed by atoms with van der Waals surface area (Å²) in [6.07, 6.45) is 0. The van der Waals surface area contributed by atoms with Gasteiger partial charge in [-0.05, 0) is 37.0 Å². The molecule has 0 saturated carbocycles. The largest absolute Gasteiger partial charge is 0.375 e. The van der Waals surface area contributed by atoms with E-state index in [1.54, 1.807) is 0 Å². The molecule has 22 heavy (non-hydrogen) atoms. The van der Waals surface area contributed by atoms with Crippen molar-refractivity contribution in [1.82, 2.24) is 4.74 Å². The van der Waals surface area contributed by atoms with Crippen molar-refractivity contribution in [1.29, 1.82) is 0 Å². The van der Waals surface area contributed by atoms with Crippen LogP contribution in [-0.4, -0.2) is 18.0 Å². The summed E-state index contributed by atoms with van der Waals surface area (Å²) in [4.78, 5) is 12.0. The van der Waals surface area contributed by atoms with Gasteiger partial charge in [0.15, 0.2) is 5.76 Å². The van der Waals surface area contributed by atoms with Gasteiger partial charge >= 0.3 is 0 Å². The summed E-state index contributed by atoms with van der Waals surface area (Å²) < 4.78 is 17.9. The van der Waals surface area contributed by atoms with Gasteiger partial charge in [0.1, 0.15) is 5.88 Å². The summed E-state index contributed by atoms with van der Waals surface area (Å²) in [6, 6.07) is 11.0. The Kier molecular flexibility index (Phi) is 6.47. The molecule has 0 aliphatic heterocycles. The van der Waals surface area contributed by atoms with Crippen molar-refractivity contribution in [2.45, 2.75) is 19.7 Å². The number of hydrogen-bond donors (Lipinski definition) is 0. The third-order valence-corrected chi connectivity index (χ3v) is 8.00. The topological polar surface area (TPSA) is 53.6 Å². The van der Waals surface area contributed by atoms with Gasteiger partial charge in [0.05, 0.1) is 19.3 Å². The van der Waals surface area contributed by atoms with Gasteiger partial charge in [0.2, 0.25) is 5.69 Å². The Hall–Kier alpha value is -0.850. The lowest BCUT2D eigenvalue weighted by molar-refractivity contribution is 0.278. The molecular formula is C14H18NO4PS2. The molecule has 0 amide bonds. The highest BCUT2D eigenvalue weighted by molar-refractivity contribution is 8.67. The number of nitrogens with zero attached hydrogens (tertiary/aromatic N) is 1. The zero-order chi connectivity index (χ0) is 16.0. The van der Waals surface area contributed by atoms with Crippen LogP contribution in [0.5, 0.6) is 0 Å². The number of benzene rings is 1. The van der Waals surface area contributed by atoms with Crippen molar-refractivity contribution in [2.75, 3.05) is 13.2 Å². The molecule has 2 rings (SSSR count). The van der Waals surface area contributed by atoms with Gasteiger partial charge in [-0.25, -0.2) is 0 Å². The molecule has 0 N–H and O–H groups in total. The summed E-state index contributed by atoms with van der Waals surface area (Å²) in [5.41, 5.74) is -1.79. The second-order valence-electron chi connectivity index (χ2n) is 4.22. The standard InChI is InChI=1S/C14H18NO4PS2/c1-3-17-20(21,18-4-2)22-11-15-14(16)10-13(19-15)12-8-6-5-7-9-12/h5-10H,3-4,11H2,1-2H3. The fourth-order valence-electron chi connectivity index (χ4n) is 1.75. The predicted molar refractivity (Wildman–Crippen MR) is 93.5 cm³/mol. The molecule has 0 spiro atoms. The lowest BCUT2D eigenvalue weighted by Crippen LogP contribution is -2.11. The molecule has 0 aliphatic rings. The van der Waals surface area contributed by atoms with E-state index in [1.165, 1.54) is 22.2 Å². The first-order valence-electron chi connectivity index (χ1n) is 6.88. The first-order chi connectivity index (χ1) is 10.6. The maximum atomic E-state index is 12.0. The van der Waals surface area contributed by atoms with Crippen LogP contribution in [0.15, 0.2) is 45.7 Å². The molecule has 1 aromatic carbocycles. The van der Waals surface area contributed by atoms with E-state index in [9.17, 15) is 4.79 Å². The quantitative estimate of drug-likeness (QED) is 0.662. The van der Waals surface area contributed by atoms with Crippen molar-refractivity contribution < 1.29 is 13.6 Å². The van der Waals surface area contributed by atoms with Crippen LogP contribution < -0.4 is 5.56 Å². The second-order valence-corrected chi connectivity index (χ2v) is 10.5. The van der Waals surface area contributed by atoms with E-state index in [0.29, 0.717) is 19.0 Å². The van der Waals surface area contributed by atoms with Gasteiger partial charge in [-0.15, -0.1) is 0 Å². The fourth-order valence-corrected chi connectivity index (χ4v) is 5.91. The maximum Gasteiger partial charge on any atom is 0.283 e. The summed E-state index contributed by atoms with van der Waals surface area (Å²) in [5.74, 6) is 0.801. The van der Waals surface area contributed by atoms with Gasteiger partial charge in [0.25, 0.3) is 5.56 Å². The van der Waals surface area contributed by atoms with Crippen molar-refractivity contribution in [3.05, 3.63) is 46.8 Å². The molecule has 1 aromatic heterocycles. The molecule has 0 radical (unpaired) electrons. The normalized spacial score (nSPS) is 11.7. The van der Waals surface area contributed by atoms with E-state index in [1.807, 2.05) is 44.2 Å². The molecule has 8 heteroatoms. The Bertz CT molecular complexity index is 688. The number of hydrogen-bond acceptors (Lipinski definition) is 6. The molecule has 0 fully saturated rings. The van der Waals surface area contributed by atoms with Crippen LogP contribution in [0.25, 0.3) is 11.3 Å². The van der Waals surface area contributed by atoms with Crippen LogP contribution in [0.4, 0.5) is 0 Å². The summed E-state index contributed by atoms with van der Waals surface area (Å²) >= 11 is 6.71. The highest BCUT2D eigenvalue weighted by Crippen LogP contribution is 2.61. The highest BCUT2D eigenvalue weighted by Gasteiger charge is 2.20. The average Bonchev–Trinajstić information content (AvgIpc) is 2.88. The molecule has 120 valence electrons. The first kappa shape index (κ1) is 17.5. The molecule has 1 heterocycles. The fraction of sp³-hybridized carbons (Fsp3) is 0.357. The molecule has 2 aromatic rings. The highest BCUT2D eigenvalue weighted by atomic mass is 32.9. The average molecular weight is 359 g/mol. The SMILES string of the molecule is CCOP(=S)(OCC)SCn1oc(-c2ccccc2)cc1=O. The van der Waals surface area contributed by atoms with E-state index in [2.05, 4.69) is 0 Å². The molecule has 5 nitrogen and oxygen atoms in total. The Morgan fingerprint density at radius 1 is 1.23 bits per heavy atom. The molecule has 0 atom stereocenters. The predicted octanol–water partition coefficient (Wildman–Crippen LogP) is 4.10. The summed E-state index contributed by atoms with van der Waals surface area (Å²) in [6.45, 7) is 4.69. The summed E-state index contributed by atoms with van der Waals surface area (Å²) in [5, 5.41) is 0. The van der Waals surface area contributed by atoms with Crippen molar-refractivity contribution in [3.8, 4) is 11.3 Å². The van der Waals surface area contributed by atoms with Crippen molar-refractivity contribution >= 4 is 28.9 Å². The van der Waals surface area contributed by atoms with E-state index < -0.39 is 5.69 Å². The number of rotatable bonds is 8. The van der Waals surface area contributed by atoms with Gasteiger partial charge in [0, 0.05) is 5.56 Å². The van der Waals surface area contributed by atoms with E-state index in [4.69, 9.17) is 25.4 Å². The van der Waals surface area contributed by atoms with Crippen LogP contribution >= 0.6 is 17.1 Å². The molecular weight excluding hydrogens is 341 g/mol. The minimum Gasteiger partial charge on any atom is -0.375 e. The Morgan fingerprint density at radius 3 is 2.45 bits per heavy atom.